The Bertz CT molecular complexity index is 887. The second kappa shape index (κ2) is 6.94. The van der Waals surface area contributed by atoms with Gasteiger partial charge in [0.25, 0.3) is 0 Å². The Morgan fingerprint density at radius 1 is 1.16 bits per heavy atom. The van der Waals surface area contributed by atoms with Crippen molar-refractivity contribution in [3.8, 4) is 0 Å². The molecule has 1 amide bonds. The topological polar surface area (TPSA) is 33.2 Å². The van der Waals surface area contributed by atoms with Crippen LogP contribution >= 0.6 is 34.5 Å². The second-order valence-electron chi connectivity index (χ2n) is 6.14. The smallest absolute Gasteiger partial charge is 0.227 e. The number of hydrogen-bond acceptors (Lipinski definition) is 3. The normalized spacial score (nSPS) is 17.4. The molecular weight excluding hydrogens is 375 g/mol. The van der Waals surface area contributed by atoms with Gasteiger partial charge in [-0.1, -0.05) is 41.4 Å². The molecule has 3 aromatic rings. The van der Waals surface area contributed by atoms with E-state index in [0.29, 0.717) is 15.6 Å². The molecule has 2 aromatic carbocycles. The molecule has 1 fully saturated rings. The molecular formula is C19H16Cl2N2OS. The molecule has 0 aliphatic carbocycles. The van der Waals surface area contributed by atoms with Gasteiger partial charge in [0.2, 0.25) is 5.91 Å². The fourth-order valence-corrected chi connectivity index (χ4v) is 4.95. The maximum Gasteiger partial charge on any atom is 0.227 e. The van der Waals surface area contributed by atoms with Crippen molar-refractivity contribution in [1.82, 2.24) is 9.88 Å². The van der Waals surface area contributed by atoms with Gasteiger partial charge < -0.3 is 4.90 Å². The van der Waals surface area contributed by atoms with Crippen molar-refractivity contribution >= 4 is 50.7 Å². The number of likely N-dealkylation sites (tertiary alicyclic amines) is 1. The molecule has 0 saturated carbocycles. The number of carbonyl (C=O) groups is 1. The molecule has 25 heavy (non-hydrogen) atoms. The van der Waals surface area contributed by atoms with Crippen molar-refractivity contribution in [2.45, 2.75) is 25.3 Å². The summed E-state index contributed by atoms with van der Waals surface area (Å²) < 4.78 is 1.16. The van der Waals surface area contributed by atoms with Gasteiger partial charge in [-0.05, 0) is 42.7 Å². The van der Waals surface area contributed by atoms with E-state index in [1.807, 2.05) is 23.1 Å². The van der Waals surface area contributed by atoms with Gasteiger partial charge in [-0.2, -0.15) is 0 Å². The summed E-state index contributed by atoms with van der Waals surface area (Å²) in [6.45, 7) is 0.751. The predicted octanol–water partition coefficient (Wildman–Crippen LogP) is 5.51. The van der Waals surface area contributed by atoms with E-state index in [-0.39, 0.29) is 18.4 Å². The van der Waals surface area contributed by atoms with Gasteiger partial charge in [0.1, 0.15) is 5.01 Å². The Morgan fingerprint density at radius 3 is 2.68 bits per heavy atom. The van der Waals surface area contributed by atoms with Gasteiger partial charge in [-0.3, -0.25) is 4.79 Å². The summed E-state index contributed by atoms with van der Waals surface area (Å²) in [6, 6.07) is 13.5. The summed E-state index contributed by atoms with van der Waals surface area (Å²) in [5.74, 6) is 0.0526. The average Bonchev–Trinajstić information content (AvgIpc) is 3.24. The fourth-order valence-electron chi connectivity index (χ4n) is 3.31. The molecule has 128 valence electrons. The molecule has 3 nitrogen and oxygen atoms in total. The number of nitrogens with zero attached hydrogens (tertiary/aromatic N) is 2. The Kier molecular flexibility index (Phi) is 4.67. The number of benzene rings is 2. The lowest BCUT2D eigenvalue weighted by atomic mass is 10.1. The standard InChI is InChI=1S/C19H16Cl2N2OS/c20-13-5-3-6-14(21)12(13)11-18(24)23-10-4-8-16(23)19-22-15-7-1-2-9-17(15)25-19/h1-3,5-7,9,16H,4,8,10-11H2. The summed E-state index contributed by atoms with van der Waals surface area (Å²) in [4.78, 5) is 19.6. The molecule has 4 rings (SSSR count). The molecule has 1 aromatic heterocycles. The highest BCUT2D eigenvalue weighted by Crippen LogP contribution is 2.37. The number of rotatable bonds is 3. The van der Waals surface area contributed by atoms with Gasteiger partial charge in [0, 0.05) is 16.6 Å². The Balaban J connectivity index is 1.59. The van der Waals surface area contributed by atoms with Crippen molar-refractivity contribution in [2.75, 3.05) is 6.54 Å². The molecule has 2 heterocycles. The van der Waals surface area contributed by atoms with Crippen molar-refractivity contribution in [2.24, 2.45) is 0 Å². The van der Waals surface area contributed by atoms with Gasteiger partial charge in [-0.25, -0.2) is 4.98 Å². The van der Waals surface area contributed by atoms with E-state index in [1.165, 1.54) is 0 Å². The van der Waals surface area contributed by atoms with E-state index in [0.717, 1.165) is 34.6 Å². The van der Waals surface area contributed by atoms with Crippen molar-refractivity contribution < 1.29 is 4.79 Å². The minimum atomic E-state index is 0.0474. The molecule has 1 aliphatic rings. The highest BCUT2D eigenvalue weighted by Gasteiger charge is 2.32. The summed E-state index contributed by atoms with van der Waals surface area (Å²) in [7, 11) is 0. The number of aromatic nitrogens is 1. The van der Waals surface area contributed by atoms with Gasteiger partial charge in [0.15, 0.2) is 0 Å². The minimum Gasteiger partial charge on any atom is -0.333 e. The van der Waals surface area contributed by atoms with Crippen molar-refractivity contribution in [3.63, 3.8) is 0 Å². The van der Waals surface area contributed by atoms with Crippen LogP contribution in [0.3, 0.4) is 0 Å². The molecule has 1 atom stereocenters. The molecule has 6 heteroatoms. The third-order valence-electron chi connectivity index (χ3n) is 4.56. The zero-order valence-electron chi connectivity index (χ0n) is 13.4. The Morgan fingerprint density at radius 2 is 1.92 bits per heavy atom. The monoisotopic (exact) mass is 390 g/mol. The first-order chi connectivity index (χ1) is 12.1. The zero-order valence-corrected chi connectivity index (χ0v) is 15.7. The van der Waals surface area contributed by atoms with Crippen LogP contribution in [0.2, 0.25) is 10.0 Å². The first-order valence-electron chi connectivity index (χ1n) is 8.21. The number of hydrogen-bond donors (Lipinski definition) is 0. The average molecular weight is 391 g/mol. The summed E-state index contributed by atoms with van der Waals surface area (Å²) >= 11 is 14.1. The molecule has 0 spiro atoms. The number of fused-ring (bicyclic) bond motifs is 1. The van der Waals surface area contributed by atoms with Gasteiger partial charge in [-0.15, -0.1) is 11.3 Å². The fraction of sp³-hybridized carbons (Fsp3) is 0.263. The second-order valence-corrected chi connectivity index (χ2v) is 8.02. The highest BCUT2D eigenvalue weighted by molar-refractivity contribution is 7.18. The van der Waals surface area contributed by atoms with E-state index >= 15 is 0 Å². The first kappa shape index (κ1) is 16.8. The highest BCUT2D eigenvalue weighted by atomic mass is 35.5. The summed E-state index contributed by atoms with van der Waals surface area (Å²) in [6.07, 6.45) is 2.16. The predicted molar refractivity (Wildman–Crippen MR) is 103 cm³/mol. The van der Waals surface area contributed by atoms with Crippen molar-refractivity contribution in [3.05, 3.63) is 63.1 Å². The van der Waals surface area contributed by atoms with Crippen LogP contribution in [0.15, 0.2) is 42.5 Å². The van der Waals surface area contributed by atoms with Crippen LogP contribution < -0.4 is 0 Å². The largest absolute Gasteiger partial charge is 0.333 e. The first-order valence-corrected chi connectivity index (χ1v) is 9.78. The number of para-hydroxylation sites is 1. The lowest BCUT2D eigenvalue weighted by molar-refractivity contribution is -0.131. The van der Waals surface area contributed by atoms with Gasteiger partial charge >= 0.3 is 0 Å². The quantitative estimate of drug-likeness (QED) is 0.590. The minimum absolute atomic E-state index is 0.0474. The lowest BCUT2D eigenvalue weighted by Gasteiger charge is -2.23. The molecule has 0 N–H and O–H groups in total. The third kappa shape index (κ3) is 3.26. The molecule has 1 aliphatic heterocycles. The van der Waals surface area contributed by atoms with E-state index < -0.39 is 0 Å². The van der Waals surface area contributed by atoms with Crippen LogP contribution in [0.25, 0.3) is 10.2 Å². The molecule has 0 radical (unpaired) electrons. The summed E-state index contributed by atoms with van der Waals surface area (Å²) in [5, 5.41) is 2.09. The number of halogens is 2. The number of thiazole rings is 1. The molecule has 1 saturated heterocycles. The number of carbonyl (C=O) groups excluding carboxylic acids is 1. The van der Waals surface area contributed by atoms with Crippen LogP contribution in [0.1, 0.15) is 29.5 Å². The number of amides is 1. The maximum atomic E-state index is 12.9. The SMILES string of the molecule is O=C(Cc1c(Cl)cccc1Cl)N1CCCC1c1nc2ccccc2s1. The zero-order chi connectivity index (χ0) is 17.4. The van der Waals surface area contributed by atoms with Crippen LogP contribution in [-0.4, -0.2) is 22.3 Å². The van der Waals surface area contributed by atoms with Crippen LogP contribution in [0, 0.1) is 0 Å². The molecule has 0 bridgehead atoms. The van der Waals surface area contributed by atoms with E-state index in [9.17, 15) is 4.79 Å². The van der Waals surface area contributed by atoms with Crippen LogP contribution in [0.5, 0.6) is 0 Å². The Labute approximate surface area is 160 Å². The van der Waals surface area contributed by atoms with Crippen molar-refractivity contribution in [1.29, 1.82) is 0 Å². The van der Waals surface area contributed by atoms with E-state index in [2.05, 4.69) is 6.07 Å². The summed E-state index contributed by atoms with van der Waals surface area (Å²) in [5.41, 5.74) is 1.70. The Hall–Kier alpha value is -1.62. The van der Waals surface area contributed by atoms with E-state index in [1.54, 1.807) is 29.5 Å². The van der Waals surface area contributed by atoms with E-state index in [4.69, 9.17) is 28.2 Å². The third-order valence-corrected chi connectivity index (χ3v) is 6.40. The maximum absolute atomic E-state index is 12.9. The van der Waals surface area contributed by atoms with Gasteiger partial charge in [0.05, 0.1) is 22.7 Å². The van der Waals surface area contributed by atoms with Crippen LogP contribution in [-0.2, 0) is 11.2 Å². The van der Waals surface area contributed by atoms with Crippen LogP contribution in [0.4, 0.5) is 0 Å². The molecule has 1 unspecified atom stereocenters. The lowest BCUT2D eigenvalue weighted by Crippen LogP contribution is -2.31.